The van der Waals surface area contributed by atoms with Crippen molar-refractivity contribution in [2.45, 2.75) is 19.8 Å². The number of rotatable bonds is 4. The Labute approximate surface area is 161 Å². The average molecular weight is 407 g/mol. The molecule has 0 spiro atoms. The van der Waals surface area contributed by atoms with Gasteiger partial charge in [-0.1, -0.05) is 6.07 Å². The lowest BCUT2D eigenvalue weighted by atomic mass is 10.1. The van der Waals surface area contributed by atoms with Crippen molar-refractivity contribution >= 4 is 33.0 Å². The van der Waals surface area contributed by atoms with E-state index in [2.05, 4.69) is 5.32 Å². The number of nitrogens with zero attached hydrogens (tertiary/aromatic N) is 2. The maximum absolute atomic E-state index is 13.4. The molecule has 1 amide bonds. The van der Waals surface area contributed by atoms with Crippen LogP contribution in [0.3, 0.4) is 0 Å². The minimum absolute atomic E-state index is 0.0576. The first-order valence-electron chi connectivity index (χ1n) is 8.55. The van der Waals surface area contributed by atoms with Gasteiger partial charge in [-0.2, -0.15) is 4.39 Å². The molecule has 3 rings (SSSR count). The predicted molar refractivity (Wildman–Crippen MR) is 103 cm³/mol. The molecule has 28 heavy (non-hydrogen) atoms. The molecule has 0 unspecified atom stereocenters. The number of nitro groups is 1. The molecule has 0 radical (unpaired) electrons. The van der Waals surface area contributed by atoms with E-state index in [1.54, 1.807) is 13.0 Å². The van der Waals surface area contributed by atoms with Crippen LogP contribution in [0.5, 0.6) is 0 Å². The van der Waals surface area contributed by atoms with Crippen molar-refractivity contribution < 1.29 is 22.5 Å². The largest absolute Gasteiger partial charge is 0.322 e. The third-order valence-electron chi connectivity index (χ3n) is 4.49. The van der Waals surface area contributed by atoms with Crippen molar-refractivity contribution in [3.8, 4) is 0 Å². The van der Waals surface area contributed by atoms with E-state index in [1.165, 1.54) is 22.5 Å². The fourth-order valence-electron chi connectivity index (χ4n) is 3.01. The van der Waals surface area contributed by atoms with Gasteiger partial charge in [0.05, 0.1) is 16.4 Å². The summed E-state index contributed by atoms with van der Waals surface area (Å²) in [5, 5.41) is 13.3. The molecule has 0 bridgehead atoms. The summed E-state index contributed by atoms with van der Waals surface area (Å²) in [6.07, 6.45) is 1.33. The van der Waals surface area contributed by atoms with E-state index < -0.39 is 32.4 Å². The minimum atomic E-state index is -3.44. The van der Waals surface area contributed by atoms with Crippen LogP contribution >= 0.6 is 0 Å². The highest BCUT2D eigenvalue weighted by Gasteiger charge is 2.27. The lowest BCUT2D eigenvalue weighted by molar-refractivity contribution is -0.387. The van der Waals surface area contributed by atoms with Gasteiger partial charge in [-0.25, -0.2) is 8.42 Å². The van der Waals surface area contributed by atoms with Gasteiger partial charge in [0.2, 0.25) is 15.8 Å². The van der Waals surface area contributed by atoms with Crippen LogP contribution in [-0.4, -0.2) is 31.5 Å². The zero-order chi connectivity index (χ0) is 20.5. The van der Waals surface area contributed by atoms with Crippen LogP contribution in [0.25, 0.3) is 0 Å². The molecule has 2 aromatic carbocycles. The number of aryl methyl sites for hydroxylation is 1. The smallest absolute Gasteiger partial charge is 0.306 e. The third kappa shape index (κ3) is 3.96. The van der Waals surface area contributed by atoms with Crippen molar-refractivity contribution in [3.05, 3.63) is 63.5 Å². The zero-order valence-electron chi connectivity index (χ0n) is 15.0. The Kier molecular flexibility index (Phi) is 5.32. The highest BCUT2D eigenvalue weighted by molar-refractivity contribution is 7.92. The Bertz CT molecular complexity index is 1060. The van der Waals surface area contributed by atoms with Gasteiger partial charge in [-0.05, 0) is 49.6 Å². The molecule has 1 aliphatic heterocycles. The topological polar surface area (TPSA) is 110 Å². The van der Waals surface area contributed by atoms with Gasteiger partial charge < -0.3 is 5.32 Å². The highest BCUT2D eigenvalue weighted by Crippen LogP contribution is 2.28. The van der Waals surface area contributed by atoms with Gasteiger partial charge in [0, 0.05) is 23.9 Å². The van der Waals surface area contributed by atoms with Crippen LogP contribution in [0.15, 0.2) is 36.4 Å². The number of nitro benzene ring substituents is 1. The van der Waals surface area contributed by atoms with Gasteiger partial charge >= 0.3 is 5.69 Å². The summed E-state index contributed by atoms with van der Waals surface area (Å²) in [6, 6.07) is 7.69. The SMILES string of the molecule is Cc1ccc(C(=O)Nc2ccc(F)c([N+](=O)[O-])c2)cc1N1CCCCS1(=O)=O. The normalized spacial score (nSPS) is 15.9. The van der Waals surface area contributed by atoms with Crippen molar-refractivity contribution in [3.63, 3.8) is 0 Å². The molecule has 0 aliphatic carbocycles. The average Bonchev–Trinajstić information content (AvgIpc) is 2.63. The number of hydrogen-bond acceptors (Lipinski definition) is 5. The molecule has 8 nitrogen and oxygen atoms in total. The molecule has 1 saturated heterocycles. The zero-order valence-corrected chi connectivity index (χ0v) is 15.8. The van der Waals surface area contributed by atoms with Gasteiger partial charge in [0.15, 0.2) is 0 Å². The summed E-state index contributed by atoms with van der Waals surface area (Å²) < 4.78 is 39.5. The summed E-state index contributed by atoms with van der Waals surface area (Å²) >= 11 is 0. The van der Waals surface area contributed by atoms with Gasteiger partial charge in [-0.15, -0.1) is 0 Å². The Morgan fingerprint density at radius 1 is 1.21 bits per heavy atom. The summed E-state index contributed by atoms with van der Waals surface area (Å²) in [6.45, 7) is 2.10. The fraction of sp³-hybridized carbons (Fsp3) is 0.278. The van der Waals surface area contributed by atoms with Crippen LogP contribution < -0.4 is 9.62 Å². The minimum Gasteiger partial charge on any atom is -0.322 e. The molecular weight excluding hydrogens is 389 g/mol. The van der Waals surface area contributed by atoms with Gasteiger partial charge in [0.25, 0.3) is 5.91 Å². The quantitative estimate of drug-likeness (QED) is 0.618. The molecule has 10 heteroatoms. The number of hydrogen-bond donors (Lipinski definition) is 1. The predicted octanol–water partition coefficient (Wildman–Crippen LogP) is 3.22. The van der Waals surface area contributed by atoms with E-state index in [0.29, 0.717) is 24.2 Å². The van der Waals surface area contributed by atoms with Crippen LogP contribution in [0, 0.1) is 22.9 Å². The number of halogens is 1. The van der Waals surface area contributed by atoms with Crippen molar-refractivity contribution in [1.82, 2.24) is 0 Å². The molecular formula is C18H18FN3O5S. The Hall–Kier alpha value is -3.01. The summed E-state index contributed by atoms with van der Waals surface area (Å²) in [7, 11) is -3.44. The van der Waals surface area contributed by atoms with Gasteiger partial charge in [0.1, 0.15) is 0 Å². The summed E-state index contributed by atoms with van der Waals surface area (Å²) in [4.78, 5) is 22.5. The number of anilines is 2. The molecule has 148 valence electrons. The van der Waals surface area contributed by atoms with Gasteiger partial charge in [-0.3, -0.25) is 19.2 Å². The van der Waals surface area contributed by atoms with Crippen LogP contribution in [-0.2, 0) is 10.0 Å². The molecule has 1 fully saturated rings. The van der Waals surface area contributed by atoms with Crippen LogP contribution in [0.2, 0.25) is 0 Å². The van der Waals surface area contributed by atoms with E-state index in [-0.39, 0.29) is 17.0 Å². The first kappa shape index (κ1) is 19.7. The molecule has 0 saturated carbocycles. The lowest BCUT2D eigenvalue weighted by Crippen LogP contribution is -2.38. The number of carbonyl (C=O) groups excluding carboxylic acids is 1. The monoisotopic (exact) mass is 407 g/mol. The van der Waals surface area contributed by atoms with E-state index in [4.69, 9.17) is 0 Å². The van der Waals surface area contributed by atoms with E-state index in [0.717, 1.165) is 18.6 Å². The van der Waals surface area contributed by atoms with E-state index in [9.17, 15) is 27.7 Å². The Balaban J connectivity index is 1.89. The number of sulfonamides is 1. The van der Waals surface area contributed by atoms with Crippen molar-refractivity contribution in [2.75, 3.05) is 21.9 Å². The maximum Gasteiger partial charge on any atom is 0.306 e. The van der Waals surface area contributed by atoms with Crippen LogP contribution in [0.4, 0.5) is 21.5 Å². The van der Waals surface area contributed by atoms with Crippen LogP contribution in [0.1, 0.15) is 28.8 Å². The number of carbonyl (C=O) groups is 1. The number of benzene rings is 2. The van der Waals surface area contributed by atoms with Crippen molar-refractivity contribution in [2.24, 2.45) is 0 Å². The van der Waals surface area contributed by atoms with E-state index >= 15 is 0 Å². The molecule has 1 heterocycles. The summed E-state index contributed by atoms with van der Waals surface area (Å²) in [5.74, 6) is -1.53. The summed E-state index contributed by atoms with van der Waals surface area (Å²) in [5.41, 5.74) is 0.637. The molecule has 1 aliphatic rings. The second kappa shape index (κ2) is 7.55. The second-order valence-electron chi connectivity index (χ2n) is 6.47. The Morgan fingerprint density at radius 3 is 2.64 bits per heavy atom. The first-order chi connectivity index (χ1) is 13.2. The molecule has 2 aromatic rings. The lowest BCUT2D eigenvalue weighted by Gasteiger charge is -2.29. The highest BCUT2D eigenvalue weighted by atomic mass is 32.2. The van der Waals surface area contributed by atoms with E-state index in [1.807, 2.05) is 0 Å². The maximum atomic E-state index is 13.4. The molecule has 0 atom stereocenters. The number of nitrogens with one attached hydrogen (secondary N) is 1. The van der Waals surface area contributed by atoms with Crippen molar-refractivity contribution in [1.29, 1.82) is 0 Å². The fourth-order valence-corrected chi connectivity index (χ4v) is 4.71. The number of amides is 1. The Morgan fingerprint density at radius 2 is 1.96 bits per heavy atom. The first-order valence-corrected chi connectivity index (χ1v) is 10.2. The standard InChI is InChI=1S/C18H18FN3O5S/c1-12-4-5-13(10-16(12)21-8-2-3-9-28(21,26)27)18(23)20-14-6-7-15(19)17(11-14)22(24)25/h4-7,10-11H,2-3,8-9H2,1H3,(H,20,23). The molecule has 1 N–H and O–H groups in total. The second-order valence-corrected chi connectivity index (χ2v) is 8.49. The molecule has 0 aromatic heterocycles. The third-order valence-corrected chi connectivity index (χ3v) is 6.35.